The van der Waals surface area contributed by atoms with Crippen molar-refractivity contribution in [2.24, 2.45) is 4.99 Å². The van der Waals surface area contributed by atoms with Gasteiger partial charge in [0.2, 0.25) is 18.5 Å². The molecule has 0 fully saturated rings. The van der Waals surface area contributed by atoms with Crippen molar-refractivity contribution in [2.75, 3.05) is 20.9 Å². The highest BCUT2D eigenvalue weighted by Gasteiger charge is 2.49. The molecule has 0 radical (unpaired) electrons. The number of benzene rings is 2. The van der Waals surface area contributed by atoms with Gasteiger partial charge in [0.05, 0.1) is 11.1 Å². The molecule has 0 unspecified atom stereocenters. The van der Waals surface area contributed by atoms with Crippen molar-refractivity contribution in [2.45, 2.75) is 38.5 Å². The first-order valence-electron chi connectivity index (χ1n) is 9.60. The lowest BCUT2D eigenvalue weighted by molar-refractivity contribution is -0.158. The maximum absolute atomic E-state index is 6.48. The SMILES string of the molecule is CCC(C)(C)N(C)C1=NC2(ON1C)c1ccccc1OCOc1ccccc12. The van der Waals surface area contributed by atoms with E-state index in [1.807, 2.05) is 55.6 Å². The van der Waals surface area contributed by atoms with Gasteiger partial charge < -0.3 is 14.4 Å². The van der Waals surface area contributed by atoms with E-state index in [4.69, 9.17) is 19.3 Å². The highest BCUT2D eigenvalue weighted by atomic mass is 16.7. The molecule has 6 nitrogen and oxygen atoms in total. The second-order valence-electron chi connectivity index (χ2n) is 7.77. The van der Waals surface area contributed by atoms with Crippen molar-refractivity contribution < 1.29 is 14.3 Å². The summed E-state index contributed by atoms with van der Waals surface area (Å²) in [4.78, 5) is 13.8. The first-order valence-corrected chi connectivity index (χ1v) is 9.60. The zero-order valence-electron chi connectivity index (χ0n) is 17.1. The minimum absolute atomic E-state index is 0.0738. The molecule has 0 N–H and O–H groups in total. The highest BCUT2D eigenvalue weighted by Crippen LogP contribution is 2.48. The van der Waals surface area contributed by atoms with Crippen molar-refractivity contribution in [3.63, 3.8) is 0 Å². The zero-order chi connectivity index (χ0) is 19.9. The van der Waals surface area contributed by atoms with Crippen LogP contribution in [0.1, 0.15) is 38.3 Å². The predicted octanol–water partition coefficient (Wildman–Crippen LogP) is 3.97. The summed E-state index contributed by atoms with van der Waals surface area (Å²) in [6.45, 7) is 6.70. The van der Waals surface area contributed by atoms with Gasteiger partial charge in [-0.25, -0.2) is 14.9 Å². The number of aliphatic imine (C=N–C) groups is 1. The summed E-state index contributed by atoms with van der Waals surface area (Å²) in [7, 11) is 3.94. The standard InChI is InChI=1S/C22H27N3O3/c1-6-21(2,3)24(4)20-23-22(28-25(20)5)16-11-7-9-13-18(16)26-15-27-19-14-10-8-12-17(19)22/h7-14H,6,15H2,1-5H3. The Labute approximate surface area is 166 Å². The molecule has 0 atom stereocenters. The second-order valence-corrected chi connectivity index (χ2v) is 7.77. The summed E-state index contributed by atoms with van der Waals surface area (Å²) < 4.78 is 11.8. The monoisotopic (exact) mass is 381 g/mol. The quantitative estimate of drug-likeness (QED) is 0.788. The van der Waals surface area contributed by atoms with Gasteiger partial charge in [-0.15, -0.1) is 0 Å². The van der Waals surface area contributed by atoms with Crippen molar-refractivity contribution in [3.8, 4) is 11.5 Å². The van der Waals surface area contributed by atoms with Crippen LogP contribution >= 0.6 is 0 Å². The third-order valence-corrected chi connectivity index (χ3v) is 5.81. The zero-order valence-corrected chi connectivity index (χ0v) is 17.1. The van der Waals surface area contributed by atoms with Crippen LogP contribution in [0.3, 0.4) is 0 Å². The molecule has 2 aromatic carbocycles. The van der Waals surface area contributed by atoms with Crippen molar-refractivity contribution >= 4 is 5.96 Å². The first-order chi connectivity index (χ1) is 13.4. The Kier molecular flexibility index (Phi) is 4.46. The third-order valence-electron chi connectivity index (χ3n) is 5.81. The molecule has 0 amide bonds. The highest BCUT2D eigenvalue weighted by molar-refractivity contribution is 5.82. The number of ether oxygens (including phenoxy) is 2. The normalized spacial score (nSPS) is 17.6. The lowest BCUT2D eigenvalue weighted by Gasteiger charge is -2.37. The van der Waals surface area contributed by atoms with Gasteiger partial charge >= 0.3 is 0 Å². The van der Waals surface area contributed by atoms with Crippen molar-refractivity contribution in [3.05, 3.63) is 59.7 Å². The van der Waals surface area contributed by atoms with Crippen LogP contribution in [-0.2, 0) is 10.6 Å². The van der Waals surface area contributed by atoms with E-state index in [2.05, 4.69) is 32.7 Å². The fourth-order valence-corrected chi connectivity index (χ4v) is 3.53. The van der Waals surface area contributed by atoms with Crippen LogP contribution in [0, 0.1) is 0 Å². The fourth-order valence-electron chi connectivity index (χ4n) is 3.53. The van der Waals surface area contributed by atoms with Gasteiger partial charge in [0.15, 0.2) is 0 Å². The maximum Gasteiger partial charge on any atom is 0.247 e. The van der Waals surface area contributed by atoms with Crippen LogP contribution in [0.2, 0.25) is 0 Å². The Balaban J connectivity index is 1.95. The smallest absolute Gasteiger partial charge is 0.247 e. The maximum atomic E-state index is 6.48. The van der Waals surface area contributed by atoms with E-state index in [0.29, 0.717) is 11.5 Å². The molecule has 0 saturated carbocycles. The molecule has 2 heterocycles. The third kappa shape index (κ3) is 2.79. The van der Waals surface area contributed by atoms with Gasteiger partial charge in [-0.1, -0.05) is 31.2 Å². The number of hydrogen-bond donors (Lipinski definition) is 0. The van der Waals surface area contributed by atoms with Crippen LogP contribution in [-0.4, -0.2) is 42.3 Å². The lowest BCUT2D eigenvalue weighted by Crippen LogP contribution is -2.48. The minimum atomic E-state index is -1.07. The van der Waals surface area contributed by atoms with Crippen LogP contribution in [0.4, 0.5) is 0 Å². The number of hydroxylamine groups is 2. The van der Waals surface area contributed by atoms with Crippen LogP contribution in [0.5, 0.6) is 11.5 Å². The average Bonchev–Trinajstić information content (AvgIpc) is 3.05. The minimum Gasteiger partial charge on any atom is -0.457 e. The largest absolute Gasteiger partial charge is 0.457 e. The Bertz CT molecular complexity index is 862. The van der Waals surface area contributed by atoms with Gasteiger partial charge in [-0.2, -0.15) is 0 Å². The van der Waals surface area contributed by atoms with Gasteiger partial charge in [-0.05, 0) is 44.5 Å². The number of fused-ring (bicyclic) bond motifs is 4. The van der Waals surface area contributed by atoms with Gasteiger partial charge in [0.25, 0.3) is 0 Å². The number of para-hydroxylation sites is 2. The number of nitrogens with zero attached hydrogens (tertiary/aromatic N) is 3. The summed E-state index contributed by atoms with van der Waals surface area (Å²) >= 11 is 0. The fraction of sp³-hybridized carbons (Fsp3) is 0.409. The number of rotatable bonds is 2. The summed E-state index contributed by atoms with van der Waals surface area (Å²) in [6.07, 6.45) is 0.975. The van der Waals surface area contributed by atoms with Crippen LogP contribution in [0.25, 0.3) is 0 Å². The molecule has 2 aliphatic heterocycles. The molecular weight excluding hydrogens is 354 g/mol. The first kappa shape index (κ1) is 18.6. The molecule has 148 valence electrons. The van der Waals surface area contributed by atoms with Crippen LogP contribution < -0.4 is 9.47 Å². The Morgan fingerprint density at radius 3 is 2.11 bits per heavy atom. The van der Waals surface area contributed by atoms with E-state index in [1.54, 1.807) is 5.06 Å². The van der Waals surface area contributed by atoms with Crippen molar-refractivity contribution in [1.29, 1.82) is 0 Å². The molecule has 0 aliphatic carbocycles. The van der Waals surface area contributed by atoms with E-state index in [1.165, 1.54) is 0 Å². The summed E-state index contributed by atoms with van der Waals surface area (Å²) in [5.74, 6) is 2.16. The van der Waals surface area contributed by atoms with Gasteiger partial charge in [0, 0.05) is 19.6 Å². The molecular formula is C22H27N3O3. The number of guanidine groups is 1. The molecule has 2 aromatic rings. The van der Waals surface area contributed by atoms with E-state index < -0.39 is 5.72 Å². The summed E-state index contributed by atoms with van der Waals surface area (Å²) in [6, 6.07) is 15.7. The molecule has 6 heteroatoms. The van der Waals surface area contributed by atoms with E-state index >= 15 is 0 Å². The second kappa shape index (κ2) is 6.71. The van der Waals surface area contributed by atoms with Crippen molar-refractivity contribution in [1.82, 2.24) is 9.96 Å². The number of hydrogen-bond acceptors (Lipinski definition) is 6. The average molecular weight is 381 g/mol. The molecule has 4 rings (SSSR count). The predicted molar refractivity (Wildman–Crippen MR) is 108 cm³/mol. The van der Waals surface area contributed by atoms with E-state index in [0.717, 1.165) is 23.5 Å². The summed E-state index contributed by atoms with van der Waals surface area (Å²) in [5.41, 5.74) is 0.566. The Hall–Kier alpha value is -2.73. The summed E-state index contributed by atoms with van der Waals surface area (Å²) in [5, 5.41) is 1.74. The van der Waals surface area contributed by atoms with E-state index in [-0.39, 0.29) is 12.3 Å². The Morgan fingerprint density at radius 1 is 1.04 bits per heavy atom. The molecule has 2 aliphatic rings. The molecule has 0 bridgehead atoms. The molecule has 0 saturated heterocycles. The topological polar surface area (TPSA) is 46.5 Å². The molecule has 1 spiro atoms. The van der Waals surface area contributed by atoms with Gasteiger partial charge in [-0.3, -0.25) is 0 Å². The van der Waals surface area contributed by atoms with Gasteiger partial charge in [0.1, 0.15) is 11.5 Å². The van der Waals surface area contributed by atoms with Crippen LogP contribution in [0.15, 0.2) is 53.5 Å². The Morgan fingerprint density at radius 2 is 1.57 bits per heavy atom. The molecule has 28 heavy (non-hydrogen) atoms. The van der Waals surface area contributed by atoms with E-state index in [9.17, 15) is 0 Å². The molecule has 0 aromatic heterocycles. The lowest BCUT2D eigenvalue weighted by atomic mass is 9.93.